The third kappa shape index (κ3) is 3.09. The van der Waals surface area contributed by atoms with Crippen LogP contribution in [0.1, 0.15) is 22.3 Å². The molecule has 0 heteroatoms. The van der Waals surface area contributed by atoms with Crippen molar-refractivity contribution in [3.63, 3.8) is 0 Å². The zero-order valence-electron chi connectivity index (χ0n) is 18.1. The number of fused-ring (bicyclic) bond motifs is 2. The maximum absolute atomic E-state index is 2.32. The molecule has 0 saturated heterocycles. The minimum atomic E-state index is 1.30. The first-order valence-electron chi connectivity index (χ1n) is 10.6. The topological polar surface area (TPSA) is 0 Å². The van der Waals surface area contributed by atoms with Gasteiger partial charge in [0.25, 0.3) is 0 Å². The van der Waals surface area contributed by atoms with Crippen LogP contribution in [0.3, 0.4) is 0 Å². The van der Waals surface area contributed by atoms with Crippen LogP contribution in [-0.4, -0.2) is 0 Å². The molecule has 0 aliphatic rings. The molecule has 30 heavy (non-hydrogen) atoms. The Labute approximate surface area is 178 Å². The lowest BCUT2D eigenvalue weighted by molar-refractivity contribution is 1.38. The number of rotatable bonds is 2. The van der Waals surface area contributed by atoms with Gasteiger partial charge in [-0.25, -0.2) is 0 Å². The third-order valence-corrected chi connectivity index (χ3v) is 5.95. The van der Waals surface area contributed by atoms with Crippen molar-refractivity contribution in [1.82, 2.24) is 0 Å². The molecule has 0 nitrogen and oxygen atoms in total. The third-order valence-electron chi connectivity index (χ3n) is 5.95. The second kappa shape index (κ2) is 7.15. The molecule has 0 aliphatic carbocycles. The lowest BCUT2D eigenvalue weighted by atomic mass is 9.85. The summed E-state index contributed by atoms with van der Waals surface area (Å²) in [5, 5.41) is 5.26. The van der Waals surface area contributed by atoms with Gasteiger partial charge in [-0.15, -0.1) is 0 Å². The lowest BCUT2D eigenvalue weighted by Gasteiger charge is -2.19. The Bertz CT molecular complexity index is 1210. The summed E-state index contributed by atoms with van der Waals surface area (Å²) in [5.41, 5.74) is 10.5. The molecule has 146 valence electrons. The number of hydrogen-bond donors (Lipinski definition) is 0. The van der Waals surface area contributed by atoms with Crippen molar-refractivity contribution in [1.29, 1.82) is 0 Å². The normalized spacial score (nSPS) is 11.3. The van der Waals surface area contributed by atoms with Crippen molar-refractivity contribution in [2.24, 2.45) is 0 Å². The Hall–Kier alpha value is -3.38. The molecule has 0 fully saturated rings. The van der Waals surface area contributed by atoms with Gasteiger partial charge in [0, 0.05) is 0 Å². The van der Waals surface area contributed by atoms with Gasteiger partial charge in [-0.1, -0.05) is 107 Å². The van der Waals surface area contributed by atoms with Crippen LogP contribution in [0.2, 0.25) is 0 Å². The van der Waals surface area contributed by atoms with E-state index in [1.54, 1.807) is 0 Å². The Kier molecular flexibility index (Phi) is 4.44. The Morgan fingerprint density at radius 1 is 0.367 bits per heavy atom. The van der Waals surface area contributed by atoms with Gasteiger partial charge in [-0.05, 0) is 71.5 Å². The fraction of sp³-hybridized carbons (Fsp3) is 0.133. The molecule has 0 saturated carbocycles. The van der Waals surface area contributed by atoms with E-state index in [0.29, 0.717) is 0 Å². The second-order valence-corrected chi connectivity index (χ2v) is 8.59. The van der Waals surface area contributed by atoms with Gasteiger partial charge in [0.1, 0.15) is 0 Å². The van der Waals surface area contributed by atoms with Crippen molar-refractivity contribution < 1.29 is 0 Å². The van der Waals surface area contributed by atoms with Crippen LogP contribution in [0.15, 0.2) is 84.9 Å². The maximum atomic E-state index is 2.32. The van der Waals surface area contributed by atoms with E-state index in [9.17, 15) is 0 Å². The van der Waals surface area contributed by atoms with Crippen LogP contribution in [0.4, 0.5) is 0 Å². The van der Waals surface area contributed by atoms with Crippen LogP contribution in [0.25, 0.3) is 43.8 Å². The summed E-state index contributed by atoms with van der Waals surface area (Å²) < 4.78 is 0. The van der Waals surface area contributed by atoms with E-state index in [1.165, 1.54) is 66.1 Å². The largest absolute Gasteiger partial charge is 0.0616 e. The van der Waals surface area contributed by atoms with Crippen LogP contribution < -0.4 is 0 Å². The van der Waals surface area contributed by atoms with Crippen molar-refractivity contribution in [2.45, 2.75) is 27.7 Å². The smallest absolute Gasteiger partial charge is 0.00262 e. The molecule has 0 amide bonds. The molecule has 0 bridgehead atoms. The molecule has 0 atom stereocenters. The van der Waals surface area contributed by atoms with Crippen LogP contribution in [-0.2, 0) is 0 Å². The Morgan fingerprint density at radius 3 is 0.900 bits per heavy atom. The van der Waals surface area contributed by atoms with Gasteiger partial charge in [0.05, 0.1) is 0 Å². The molecular weight excluding hydrogens is 360 g/mol. The van der Waals surface area contributed by atoms with Gasteiger partial charge in [0.15, 0.2) is 0 Å². The molecule has 0 aromatic heterocycles. The van der Waals surface area contributed by atoms with E-state index in [4.69, 9.17) is 0 Å². The number of aryl methyl sites for hydroxylation is 4. The monoisotopic (exact) mass is 386 g/mol. The first-order chi connectivity index (χ1) is 14.5. The summed E-state index contributed by atoms with van der Waals surface area (Å²) in [7, 11) is 0. The molecule has 0 heterocycles. The quantitative estimate of drug-likeness (QED) is 0.267. The van der Waals surface area contributed by atoms with Gasteiger partial charge in [-0.2, -0.15) is 0 Å². The van der Waals surface area contributed by atoms with E-state index >= 15 is 0 Å². The minimum Gasteiger partial charge on any atom is -0.0616 e. The van der Waals surface area contributed by atoms with Crippen LogP contribution in [0.5, 0.6) is 0 Å². The average molecular weight is 387 g/mol. The second-order valence-electron chi connectivity index (χ2n) is 8.59. The highest BCUT2D eigenvalue weighted by molar-refractivity contribution is 6.21. The highest BCUT2D eigenvalue weighted by Gasteiger charge is 2.16. The molecular formula is C30H26. The first kappa shape index (κ1) is 18.6. The number of benzene rings is 5. The maximum Gasteiger partial charge on any atom is -0.00262 e. The van der Waals surface area contributed by atoms with Crippen molar-refractivity contribution in [3.8, 4) is 22.3 Å². The SMILES string of the molecule is Cc1cc(C)cc(-c2c3ccccc3c(-c3cc(C)cc(C)c3)c3ccccc23)c1. The van der Waals surface area contributed by atoms with E-state index in [0.717, 1.165) is 0 Å². The predicted molar refractivity (Wildman–Crippen MR) is 131 cm³/mol. The highest BCUT2D eigenvalue weighted by Crippen LogP contribution is 2.44. The molecule has 5 aromatic rings. The Balaban J connectivity index is 1.99. The van der Waals surface area contributed by atoms with Crippen molar-refractivity contribution in [3.05, 3.63) is 107 Å². The van der Waals surface area contributed by atoms with E-state index in [1.807, 2.05) is 0 Å². The molecule has 0 unspecified atom stereocenters. The van der Waals surface area contributed by atoms with Gasteiger partial charge in [0.2, 0.25) is 0 Å². The zero-order chi connectivity index (χ0) is 20.8. The summed E-state index contributed by atoms with van der Waals surface area (Å²) in [6.07, 6.45) is 0. The van der Waals surface area contributed by atoms with Gasteiger partial charge >= 0.3 is 0 Å². The molecule has 0 N–H and O–H groups in total. The first-order valence-corrected chi connectivity index (χ1v) is 10.6. The van der Waals surface area contributed by atoms with E-state index in [-0.39, 0.29) is 0 Å². The van der Waals surface area contributed by atoms with Gasteiger partial charge < -0.3 is 0 Å². The van der Waals surface area contributed by atoms with Crippen LogP contribution in [0, 0.1) is 27.7 Å². The molecule has 5 aromatic carbocycles. The predicted octanol–water partition coefficient (Wildman–Crippen LogP) is 8.56. The summed E-state index contributed by atoms with van der Waals surface area (Å²) in [5.74, 6) is 0. The van der Waals surface area contributed by atoms with E-state index < -0.39 is 0 Å². The zero-order valence-corrected chi connectivity index (χ0v) is 18.1. The minimum absolute atomic E-state index is 1.30. The summed E-state index contributed by atoms with van der Waals surface area (Å²) in [6, 6.07) is 31.5. The molecule has 5 rings (SSSR count). The average Bonchev–Trinajstić information content (AvgIpc) is 2.70. The van der Waals surface area contributed by atoms with Crippen LogP contribution >= 0.6 is 0 Å². The van der Waals surface area contributed by atoms with Crippen molar-refractivity contribution in [2.75, 3.05) is 0 Å². The lowest BCUT2D eigenvalue weighted by Crippen LogP contribution is -1.92. The highest BCUT2D eigenvalue weighted by atomic mass is 14.2. The summed E-state index contributed by atoms with van der Waals surface area (Å²) in [6.45, 7) is 8.74. The molecule has 0 radical (unpaired) electrons. The summed E-state index contributed by atoms with van der Waals surface area (Å²) in [4.78, 5) is 0. The summed E-state index contributed by atoms with van der Waals surface area (Å²) >= 11 is 0. The number of hydrogen-bond acceptors (Lipinski definition) is 0. The van der Waals surface area contributed by atoms with E-state index in [2.05, 4.69) is 113 Å². The fourth-order valence-electron chi connectivity index (χ4n) is 4.99. The van der Waals surface area contributed by atoms with Crippen molar-refractivity contribution >= 4 is 21.5 Å². The van der Waals surface area contributed by atoms with Gasteiger partial charge in [-0.3, -0.25) is 0 Å². The Morgan fingerprint density at radius 2 is 0.633 bits per heavy atom. The fourth-order valence-corrected chi connectivity index (χ4v) is 4.99. The molecule has 0 spiro atoms. The standard InChI is InChI=1S/C30H26/c1-19-13-20(2)16-23(15-19)29-25-9-5-7-11-27(25)30(28-12-8-6-10-26(28)29)24-17-21(3)14-22(4)18-24/h5-18H,1-4H3. The molecule has 0 aliphatic heterocycles.